The lowest BCUT2D eigenvalue weighted by Gasteiger charge is -2.19. The maximum absolute atomic E-state index is 12.5. The number of nitrogens with zero attached hydrogens (tertiary/aromatic N) is 2. The lowest BCUT2D eigenvalue weighted by Crippen LogP contribution is -2.46. The van der Waals surface area contributed by atoms with Gasteiger partial charge in [0, 0.05) is 11.8 Å². The van der Waals surface area contributed by atoms with Gasteiger partial charge in [-0.25, -0.2) is 0 Å². The van der Waals surface area contributed by atoms with Crippen LogP contribution in [0.1, 0.15) is 22.1 Å². The quantitative estimate of drug-likeness (QED) is 0.334. The van der Waals surface area contributed by atoms with Crippen LogP contribution in [-0.4, -0.2) is 45.9 Å². The second-order valence-corrected chi connectivity index (χ2v) is 7.69. The van der Waals surface area contributed by atoms with Crippen molar-refractivity contribution in [1.29, 1.82) is 5.26 Å². The van der Waals surface area contributed by atoms with E-state index in [9.17, 15) is 24.5 Å². The highest BCUT2D eigenvalue weighted by Gasteiger charge is 2.48. The van der Waals surface area contributed by atoms with Crippen LogP contribution in [-0.2, 0) is 13.8 Å². The van der Waals surface area contributed by atoms with Crippen LogP contribution >= 0.6 is 7.82 Å². The van der Waals surface area contributed by atoms with Gasteiger partial charge in [-0.05, 0) is 30.3 Å². The molecule has 5 atom stereocenters. The number of phosphoric acid groups is 1. The lowest BCUT2D eigenvalue weighted by atomic mass is 10.1. The zero-order chi connectivity index (χ0) is 21.9. The van der Waals surface area contributed by atoms with Gasteiger partial charge in [0.2, 0.25) is 0 Å². The van der Waals surface area contributed by atoms with Gasteiger partial charge in [-0.3, -0.25) is 9.36 Å². The summed E-state index contributed by atoms with van der Waals surface area (Å²) in [5.41, 5.74) is 1.14. The molecule has 158 valence electrons. The first-order valence-electron chi connectivity index (χ1n) is 8.70. The number of carbonyl (C=O) groups excluding carboxylic acids is 1. The maximum Gasteiger partial charge on any atom is 0.292 e. The summed E-state index contributed by atoms with van der Waals surface area (Å²) in [5.74, 6) is -0.463. The number of rotatable bonds is 6. The first-order valence-corrected chi connectivity index (χ1v) is 10.2. The van der Waals surface area contributed by atoms with E-state index in [0.717, 1.165) is 0 Å². The van der Waals surface area contributed by atoms with Crippen molar-refractivity contribution >= 4 is 19.4 Å². The van der Waals surface area contributed by atoms with Crippen LogP contribution in [0.5, 0.6) is 0 Å². The molecule has 1 amide bonds. The summed E-state index contributed by atoms with van der Waals surface area (Å²) >= 11 is 0. The third-order valence-electron chi connectivity index (χ3n) is 4.39. The minimum absolute atomic E-state index is 0.214. The molecule has 1 aromatic carbocycles. The van der Waals surface area contributed by atoms with Gasteiger partial charge in [-0.1, -0.05) is 0 Å². The fourth-order valence-electron chi connectivity index (χ4n) is 2.90. The van der Waals surface area contributed by atoms with E-state index in [0.29, 0.717) is 11.3 Å². The second kappa shape index (κ2) is 8.99. The Morgan fingerprint density at radius 2 is 2.00 bits per heavy atom. The Bertz CT molecular complexity index is 1000. The largest absolute Gasteiger partial charge is 0.756 e. The Morgan fingerprint density at radius 1 is 1.30 bits per heavy atom. The van der Waals surface area contributed by atoms with Gasteiger partial charge < -0.3 is 34.6 Å². The molecule has 0 aliphatic carbocycles. The van der Waals surface area contributed by atoms with Gasteiger partial charge in [0.05, 0.1) is 18.2 Å². The van der Waals surface area contributed by atoms with Crippen molar-refractivity contribution in [3.63, 3.8) is 0 Å². The van der Waals surface area contributed by atoms with E-state index < -0.39 is 44.9 Å². The van der Waals surface area contributed by atoms with Gasteiger partial charge in [-0.2, -0.15) is 9.83 Å². The van der Waals surface area contributed by atoms with Crippen LogP contribution in [0.15, 0.2) is 48.8 Å². The number of benzene rings is 1. The monoisotopic (exact) mass is 435 g/mol. The van der Waals surface area contributed by atoms with E-state index in [2.05, 4.69) is 9.84 Å². The zero-order valence-electron chi connectivity index (χ0n) is 15.4. The average molecular weight is 435 g/mol. The molecule has 0 saturated carbocycles. The van der Waals surface area contributed by atoms with Crippen molar-refractivity contribution in [2.45, 2.75) is 24.5 Å². The number of carbonyl (C=O) groups is 1. The highest BCUT2D eigenvalue weighted by Crippen LogP contribution is 2.33. The van der Waals surface area contributed by atoms with Crippen LogP contribution in [0.25, 0.3) is 0 Å². The van der Waals surface area contributed by atoms with Gasteiger partial charge in [0.25, 0.3) is 20.0 Å². The first-order chi connectivity index (χ1) is 14.2. The molecule has 2 aromatic rings. The van der Waals surface area contributed by atoms with Gasteiger partial charge in [0.15, 0.2) is 18.5 Å². The Hall–Kier alpha value is -2.68. The lowest BCUT2D eigenvalue weighted by molar-refractivity contribution is -0.765. The Morgan fingerprint density at radius 3 is 2.63 bits per heavy atom. The summed E-state index contributed by atoms with van der Waals surface area (Å²) in [7, 11) is -5.02. The molecule has 1 fully saturated rings. The van der Waals surface area contributed by atoms with E-state index in [1.165, 1.54) is 29.1 Å². The van der Waals surface area contributed by atoms with Gasteiger partial charge in [-0.15, -0.1) is 0 Å². The molecule has 1 saturated heterocycles. The minimum atomic E-state index is -5.02. The zero-order valence-corrected chi connectivity index (χ0v) is 16.3. The number of nitrogens with one attached hydrogen (secondary N) is 1. The molecule has 0 bridgehead atoms. The van der Waals surface area contributed by atoms with Crippen LogP contribution in [0.2, 0.25) is 0 Å². The fraction of sp³-hybridized carbons (Fsp3) is 0.278. The number of phosphoric ester groups is 1. The predicted octanol–water partition coefficient (Wildman–Crippen LogP) is -0.805. The second-order valence-electron chi connectivity index (χ2n) is 6.49. The molecule has 2 heterocycles. The minimum Gasteiger partial charge on any atom is -0.756 e. The molecule has 0 spiro atoms. The van der Waals surface area contributed by atoms with E-state index in [1.54, 1.807) is 24.3 Å². The van der Waals surface area contributed by atoms with E-state index >= 15 is 0 Å². The van der Waals surface area contributed by atoms with E-state index in [1.807, 2.05) is 6.07 Å². The third-order valence-corrected chi connectivity index (χ3v) is 4.86. The Balaban J connectivity index is 1.71. The van der Waals surface area contributed by atoms with Crippen molar-refractivity contribution in [3.05, 3.63) is 59.9 Å². The first kappa shape index (κ1) is 22.0. The summed E-state index contributed by atoms with van der Waals surface area (Å²) in [6.07, 6.45) is -2.39. The topological polar surface area (TPSA) is 176 Å². The smallest absolute Gasteiger partial charge is 0.292 e. The summed E-state index contributed by atoms with van der Waals surface area (Å²) in [5, 5.41) is 31.8. The summed E-state index contributed by atoms with van der Waals surface area (Å²) in [6.45, 7) is -0.689. The number of amides is 1. The molecule has 12 heteroatoms. The van der Waals surface area contributed by atoms with Crippen LogP contribution in [0.3, 0.4) is 0 Å². The summed E-state index contributed by atoms with van der Waals surface area (Å²) < 4.78 is 21.8. The number of hydrogen-bond donors (Lipinski definition) is 4. The molecule has 11 nitrogen and oxygen atoms in total. The van der Waals surface area contributed by atoms with Crippen molar-refractivity contribution in [3.8, 4) is 6.07 Å². The van der Waals surface area contributed by atoms with E-state index in [4.69, 9.17) is 14.9 Å². The number of nitriles is 1. The van der Waals surface area contributed by atoms with Crippen LogP contribution < -0.4 is 14.8 Å². The normalized spacial score (nSPS) is 25.3. The number of aliphatic hydroxyl groups excluding tert-OH is 2. The van der Waals surface area contributed by atoms with Crippen molar-refractivity contribution in [1.82, 2.24) is 0 Å². The third kappa shape index (κ3) is 5.27. The molecular weight excluding hydrogens is 417 g/mol. The molecule has 1 unspecified atom stereocenters. The van der Waals surface area contributed by atoms with Crippen LogP contribution in [0, 0.1) is 11.3 Å². The van der Waals surface area contributed by atoms with Crippen molar-refractivity contribution in [2.24, 2.45) is 0 Å². The van der Waals surface area contributed by atoms with Crippen molar-refractivity contribution in [2.75, 3.05) is 11.9 Å². The number of ether oxygens (including phenoxy) is 1. The molecule has 1 aliphatic heterocycles. The average Bonchev–Trinajstić information content (AvgIpc) is 3.01. The summed E-state index contributed by atoms with van der Waals surface area (Å²) in [4.78, 5) is 31.9. The maximum atomic E-state index is 12.5. The standard InChI is InChI=1S/C18H18N3O8P/c19-8-11-3-5-13(6-4-11)20-17(24)12-2-1-7-21(9-12)18-16(23)15(22)14(29-18)10-28-30(25,26)27/h1-7,9,14-16,18,22-23H,10H2,(H2-,20,24,25,26,27)/t14-,15-,16-,18-/m1/s1. The van der Waals surface area contributed by atoms with E-state index in [-0.39, 0.29) is 5.56 Å². The summed E-state index contributed by atoms with van der Waals surface area (Å²) in [6, 6.07) is 11.3. The fourth-order valence-corrected chi connectivity index (χ4v) is 3.23. The molecule has 3 rings (SSSR count). The number of aliphatic hydroxyl groups is 2. The Kier molecular flexibility index (Phi) is 6.60. The Labute approximate surface area is 171 Å². The molecule has 1 aromatic heterocycles. The van der Waals surface area contributed by atoms with Gasteiger partial charge in [0.1, 0.15) is 17.8 Å². The number of aromatic nitrogens is 1. The van der Waals surface area contributed by atoms with Crippen LogP contribution in [0.4, 0.5) is 5.69 Å². The number of anilines is 1. The predicted molar refractivity (Wildman–Crippen MR) is 97.4 cm³/mol. The molecule has 30 heavy (non-hydrogen) atoms. The number of pyridine rings is 1. The SMILES string of the molecule is N#Cc1ccc(NC(=O)c2ccc[n+]([C@@H]3O[C@H](COP(=O)([O-])O)[C@@H](O)[C@H]3O)c2)cc1. The molecule has 1 aliphatic rings. The molecular formula is C18H18N3O8P. The van der Waals surface area contributed by atoms with Gasteiger partial charge >= 0.3 is 0 Å². The highest BCUT2D eigenvalue weighted by atomic mass is 31.2. The number of hydrogen-bond acceptors (Lipinski definition) is 8. The molecule has 4 N–H and O–H groups in total. The van der Waals surface area contributed by atoms with Crippen molar-refractivity contribution < 1.29 is 43.2 Å². The molecule has 0 radical (unpaired) electrons. The highest BCUT2D eigenvalue weighted by molar-refractivity contribution is 7.44.